The van der Waals surface area contributed by atoms with Crippen LogP contribution in [0.15, 0.2) is 36.0 Å². The second-order valence-electron chi connectivity index (χ2n) is 6.07. The first kappa shape index (κ1) is 21.4. The van der Waals surface area contributed by atoms with E-state index in [0.717, 1.165) is 6.26 Å². The van der Waals surface area contributed by atoms with Crippen LogP contribution in [0.2, 0.25) is 0 Å². The highest BCUT2D eigenvalue weighted by molar-refractivity contribution is 7.88. The van der Waals surface area contributed by atoms with Crippen LogP contribution in [0, 0.1) is 11.3 Å². The number of esters is 1. The third-order valence-corrected chi connectivity index (χ3v) is 5.39. The maximum Gasteiger partial charge on any atom is 0.340 e. The van der Waals surface area contributed by atoms with E-state index in [9.17, 15) is 23.3 Å². The minimum absolute atomic E-state index is 0.147. The number of carbonyl (C=O) groups is 2. The van der Waals surface area contributed by atoms with Gasteiger partial charge in [-0.25, -0.2) is 13.2 Å². The normalized spacial score (nSPS) is 15.6. The van der Waals surface area contributed by atoms with Crippen LogP contribution in [0.1, 0.15) is 17.3 Å². The zero-order valence-corrected chi connectivity index (χ0v) is 16.5. The van der Waals surface area contributed by atoms with Gasteiger partial charge in [-0.05, 0) is 19.1 Å². The van der Waals surface area contributed by atoms with Gasteiger partial charge in [0, 0.05) is 32.4 Å². The van der Waals surface area contributed by atoms with Gasteiger partial charge in [-0.2, -0.15) is 9.57 Å². The van der Waals surface area contributed by atoms with Gasteiger partial charge in [-0.3, -0.25) is 4.79 Å². The van der Waals surface area contributed by atoms with Crippen LogP contribution in [0.4, 0.5) is 5.69 Å². The van der Waals surface area contributed by atoms with Crippen molar-refractivity contribution >= 4 is 27.6 Å². The van der Waals surface area contributed by atoms with Crippen molar-refractivity contribution in [3.63, 3.8) is 0 Å². The van der Waals surface area contributed by atoms with Crippen molar-refractivity contribution in [3.8, 4) is 6.07 Å². The Morgan fingerprint density at radius 3 is 2.46 bits per heavy atom. The number of hydrogen-bond donors (Lipinski definition) is 1. The van der Waals surface area contributed by atoms with Gasteiger partial charge in [0.05, 0.1) is 24.1 Å². The minimum atomic E-state index is -3.26. The van der Waals surface area contributed by atoms with Crippen molar-refractivity contribution in [2.75, 3.05) is 44.4 Å². The number of para-hydroxylation sites is 1. The number of ether oxygens (including phenoxy) is 1. The van der Waals surface area contributed by atoms with E-state index < -0.39 is 21.9 Å². The molecule has 0 radical (unpaired) electrons. The molecule has 1 aliphatic rings. The quantitative estimate of drug-likeness (QED) is 0.421. The molecule has 0 spiro atoms. The minimum Gasteiger partial charge on any atom is -0.462 e. The number of hydrogen-bond acceptors (Lipinski definition) is 7. The van der Waals surface area contributed by atoms with Crippen LogP contribution < -0.4 is 5.32 Å². The van der Waals surface area contributed by atoms with Crippen molar-refractivity contribution in [2.24, 2.45) is 0 Å². The highest BCUT2D eigenvalue weighted by atomic mass is 32.2. The number of carbonyl (C=O) groups excluding carboxylic acids is 2. The number of benzene rings is 1. The fourth-order valence-corrected chi connectivity index (χ4v) is 3.48. The van der Waals surface area contributed by atoms with Gasteiger partial charge < -0.3 is 15.0 Å². The molecule has 0 atom stereocenters. The Labute approximate surface area is 164 Å². The summed E-state index contributed by atoms with van der Waals surface area (Å²) in [6.07, 6.45) is 2.55. The van der Waals surface area contributed by atoms with Gasteiger partial charge in [0.25, 0.3) is 5.91 Å². The molecule has 0 unspecified atom stereocenters. The Bertz CT molecular complexity index is 912. The Morgan fingerprint density at radius 2 is 1.89 bits per heavy atom. The zero-order chi connectivity index (χ0) is 20.7. The molecule has 1 aromatic carbocycles. The number of nitriles is 1. The second kappa shape index (κ2) is 9.34. The van der Waals surface area contributed by atoms with Crippen LogP contribution in [0.5, 0.6) is 0 Å². The van der Waals surface area contributed by atoms with Crippen LogP contribution in [0.25, 0.3) is 0 Å². The largest absolute Gasteiger partial charge is 0.462 e. The van der Waals surface area contributed by atoms with E-state index >= 15 is 0 Å². The van der Waals surface area contributed by atoms with Crippen LogP contribution in [-0.4, -0.2) is 68.5 Å². The molecule has 150 valence electrons. The van der Waals surface area contributed by atoms with Gasteiger partial charge in [0.2, 0.25) is 10.0 Å². The lowest BCUT2D eigenvalue weighted by molar-refractivity contribution is -0.112. The number of piperazine rings is 1. The molecule has 0 saturated carbocycles. The van der Waals surface area contributed by atoms with Gasteiger partial charge in [-0.15, -0.1) is 0 Å². The highest BCUT2D eigenvalue weighted by Crippen LogP contribution is 2.17. The first-order chi connectivity index (χ1) is 13.3. The molecule has 1 N–H and O–H groups in total. The lowest BCUT2D eigenvalue weighted by Gasteiger charge is -2.32. The fraction of sp³-hybridized carbons (Fsp3) is 0.389. The van der Waals surface area contributed by atoms with Gasteiger partial charge >= 0.3 is 5.97 Å². The molecular formula is C18H22N4O5S. The predicted octanol–water partition coefficient (Wildman–Crippen LogP) is 0.786. The van der Waals surface area contributed by atoms with E-state index in [0.29, 0.717) is 13.1 Å². The molecule has 28 heavy (non-hydrogen) atoms. The summed E-state index contributed by atoms with van der Waals surface area (Å²) < 4.78 is 29.4. The van der Waals surface area contributed by atoms with Crippen LogP contribution in [-0.2, 0) is 19.6 Å². The number of rotatable bonds is 6. The molecule has 1 aliphatic heterocycles. The molecule has 9 nitrogen and oxygen atoms in total. The smallest absolute Gasteiger partial charge is 0.340 e. The van der Waals surface area contributed by atoms with E-state index in [1.165, 1.54) is 16.6 Å². The maximum absolute atomic E-state index is 12.5. The van der Waals surface area contributed by atoms with Crippen LogP contribution in [0.3, 0.4) is 0 Å². The molecule has 0 aliphatic carbocycles. The van der Waals surface area contributed by atoms with Crippen molar-refractivity contribution < 1.29 is 22.7 Å². The fourth-order valence-electron chi connectivity index (χ4n) is 2.65. The van der Waals surface area contributed by atoms with Crippen molar-refractivity contribution in [1.82, 2.24) is 9.21 Å². The van der Waals surface area contributed by atoms with Crippen LogP contribution >= 0.6 is 0 Å². The van der Waals surface area contributed by atoms with Crippen molar-refractivity contribution in [1.29, 1.82) is 5.26 Å². The van der Waals surface area contributed by atoms with Crippen molar-refractivity contribution in [3.05, 3.63) is 41.6 Å². The number of nitrogens with zero attached hydrogens (tertiary/aromatic N) is 3. The van der Waals surface area contributed by atoms with E-state index in [4.69, 9.17) is 4.74 Å². The second-order valence-corrected chi connectivity index (χ2v) is 8.06. The SMILES string of the molecule is CCOC(=O)c1ccccc1NC(=O)/C(C#N)=C\N1CCN(S(C)(=O)=O)CC1. The average Bonchev–Trinajstić information content (AvgIpc) is 2.66. The summed E-state index contributed by atoms with van der Waals surface area (Å²) in [6.45, 7) is 3.17. The first-order valence-electron chi connectivity index (χ1n) is 8.65. The first-order valence-corrected chi connectivity index (χ1v) is 10.5. The Morgan fingerprint density at radius 1 is 1.25 bits per heavy atom. The molecule has 0 bridgehead atoms. The molecule has 1 heterocycles. The van der Waals surface area contributed by atoms with Gasteiger partial charge in [-0.1, -0.05) is 12.1 Å². The Kier molecular flexibility index (Phi) is 7.14. The van der Waals surface area contributed by atoms with Gasteiger partial charge in [0.1, 0.15) is 11.6 Å². The number of nitrogens with one attached hydrogen (secondary N) is 1. The van der Waals surface area contributed by atoms with E-state index in [1.807, 2.05) is 6.07 Å². The summed E-state index contributed by atoms with van der Waals surface area (Å²) in [4.78, 5) is 26.2. The highest BCUT2D eigenvalue weighted by Gasteiger charge is 2.23. The summed E-state index contributed by atoms with van der Waals surface area (Å²) in [6, 6.07) is 8.21. The number of amides is 1. The average molecular weight is 406 g/mol. The standard InChI is InChI=1S/C18H22N4O5S/c1-3-27-18(24)15-6-4-5-7-16(15)20-17(23)14(12-19)13-21-8-10-22(11-9-21)28(2,25)26/h4-7,13H,3,8-11H2,1-2H3,(H,20,23)/b14-13-. The molecule has 10 heteroatoms. The van der Waals surface area contributed by atoms with Gasteiger partial charge in [0.15, 0.2) is 0 Å². The summed E-state index contributed by atoms with van der Waals surface area (Å²) >= 11 is 0. The lowest BCUT2D eigenvalue weighted by Crippen LogP contribution is -2.46. The summed E-state index contributed by atoms with van der Waals surface area (Å²) in [5.41, 5.74) is 0.289. The molecule has 0 aromatic heterocycles. The Hall–Kier alpha value is -2.90. The van der Waals surface area contributed by atoms with Crippen molar-refractivity contribution in [2.45, 2.75) is 6.92 Å². The number of sulfonamides is 1. The molecule has 1 saturated heterocycles. The lowest BCUT2D eigenvalue weighted by atomic mass is 10.1. The van der Waals surface area contributed by atoms with E-state index in [2.05, 4.69) is 5.32 Å². The Balaban J connectivity index is 2.10. The molecular weight excluding hydrogens is 384 g/mol. The zero-order valence-electron chi connectivity index (χ0n) is 15.7. The molecule has 2 rings (SSSR count). The van der Waals surface area contributed by atoms with E-state index in [-0.39, 0.29) is 36.5 Å². The van der Waals surface area contributed by atoms with E-state index in [1.54, 1.807) is 30.0 Å². The summed E-state index contributed by atoms with van der Waals surface area (Å²) in [5, 5.41) is 11.9. The third kappa shape index (κ3) is 5.55. The monoisotopic (exact) mass is 406 g/mol. The predicted molar refractivity (Wildman–Crippen MR) is 103 cm³/mol. The third-order valence-electron chi connectivity index (χ3n) is 4.09. The molecule has 1 fully saturated rings. The molecule has 1 amide bonds. The molecule has 1 aromatic rings. The maximum atomic E-state index is 12.5. The number of anilines is 1. The summed E-state index contributed by atoms with van der Waals surface area (Å²) in [7, 11) is -3.26. The topological polar surface area (TPSA) is 120 Å². The summed E-state index contributed by atoms with van der Waals surface area (Å²) in [5.74, 6) is -1.23.